The molecule has 0 aliphatic carbocycles. The normalized spacial score (nSPS) is 10.2. The number of nitriles is 1. The largest absolute Gasteiger partial charge is 0.383 e. The molecule has 3 rings (SSSR count). The number of halogens is 1. The van der Waals surface area contributed by atoms with Gasteiger partial charge in [0.25, 0.3) is 5.69 Å². The number of benzene rings is 2. The van der Waals surface area contributed by atoms with Crippen LogP contribution < -0.4 is 5.73 Å². The lowest BCUT2D eigenvalue weighted by Gasteiger charge is -2.11. The van der Waals surface area contributed by atoms with E-state index in [-0.39, 0.29) is 17.1 Å². The number of nitro groups is 1. The van der Waals surface area contributed by atoms with Crippen molar-refractivity contribution in [2.45, 2.75) is 0 Å². The van der Waals surface area contributed by atoms with Crippen LogP contribution in [0.5, 0.6) is 0 Å². The molecule has 122 valence electrons. The summed E-state index contributed by atoms with van der Waals surface area (Å²) in [5.41, 5.74) is 7.73. The van der Waals surface area contributed by atoms with Gasteiger partial charge in [-0.15, -0.1) is 0 Å². The topological polar surface area (TPSA) is 106 Å². The van der Waals surface area contributed by atoms with Crippen molar-refractivity contribution in [3.63, 3.8) is 0 Å². The fourth-order valence-corrected chi connectivity index (χ4v) is 2.80. The van der Waals surface area contributed by atoms with Crippen LogP contribution in [0.4, 0.5) is 11.5 Å². The van der Waals surface area contributed by atoms with Crippen LogP contribution in [0.1, 0.15) is 5.56 Å². The summed E-state index contributed by atoms with van der Waals surface area (Å²) in [7, 11) is 0. The van der Waals surface area contributed by atoms with E-state index in [9.17, 15) is 15.4 Å². The Bertz CT molecular complexity index is 1030. The highest BCUT2D eigenvalue weighted by Crippen LogP contribution is 2.37. The third-order valence-electron chi connectivity index (χ3n) is 3.70. The number of pyridine rings is 1. The van der Waals surface area contributed by atoms with Gasteiger partial charge in [-0.25, -0.2) is 4.98 Å². The summed E-state index contributed by atoms with van der Waals surface area (Å²) in [5.74, 6) is -0.00642. The molecule has 0 atom stereocenters. The minimum Gasteiger partial charge on any atom is -0.383 e. The van der Waals surface area contributed by atoms with Gasteiger partial charge < -0.3 is 5.73 Å². The Balaban J connectivity index is 2.31. The highest BCUT2D eigenvalue weighted by Gasteiger charge is 2.20. The first kappa shape index (κ1) is 16.4. The van der Waals surface area contributed by atoms with Crippen molar-refractivity contribution in [3.8, 4) is 28.5 Å². The molecule has 25 heavy (non-hydrogen) atoms. The van der Waals surface area contributed by atoms with Gasteiger partial charge in [-0.1, -0.05) is 41.9 Å². The lowest BCUT2D eigenvalue weighted by Crippen LogP contribution is -2.01. The predicted octanol–water partition coefficient (Wildman–Crippen LogP) is 4.43. The Morgan fingerprint density at radius 3 is 2.36 bits per heavy atom. The molecule has 0 aliphatic rings. The summed E-state index contributed by atoms with van der Waals surface area (Å²) in [6.45, 7) is 0. The molecule has 0 unspecified atom stereocenters. The fraction of sp³-hybridized carbons (Fsp3) is 0. The van der Waals surface area contributed by atoms with Gasteiger partial charge >= 0.3 is 0 Å². The minimum absolute atomic E-state index is 0.00642. The predicted molar refractivity (Wildman–Crippen MR) is 95.9 cm³/mol. The number of hydrogen-bond acceptors (Lipinski definition) is 5. The van der Waals surface area contributed by atoms with Crippen LogP contribution in [0.3, 0.4) is 0 Å². The molecular formula is C18H11ClN4O2. The maximum atomic E-state index is 11.3. The summed E-state index contributed by atoms with van der Waals surface area (Å²) >= 11 is 6.24. The molecular weight excluding hydrogens is 340 g/mol. The second kappa shape index (κ2) is 6.59. The molecule has 2 N–H and O–H groups in total. The van der Waals surface area contributed by atoms with Crippen LogP contribution in [0.15, 0.2) is 54.6 Å². The first-order valence-electron chi connectivity index (χ1n) is 7.22. The zero-order valence-corrected chi connectivity index (χ0v) is 13.6. The van der Waals surface area contributed by atoms with Crippen molar-refractivity contribution in [2.24, 2.45) is 0 Å². The van der Waals surface area contributed by atoms with E-state index in [1.54, 1.807) is 48.5 Å². The van der Waals surface area contributed by atoms with E-state index < -0.39 is 4.92 Å². The van der Waals surface area contributed by atoms with Crippen LogP contribution in [-0.2, 0) is 0 Å². The van der Waals surface area contributed by atoms with Crippen molar-refractivity contribution in [1.82, 2.24) is 4.98 Å². The maximum absolute atomic E-state index is 11.3. The second-order valence-corrected chi connectivity index (χ2v) is 5.59. The molecule has 1 heterocycles. The van der Waals surface area contributed by atoms with Gasteiger partial charge in [0.1, 0.15) is 17.5 Å². The number of aromatic nitrogens is 1. The molecule has 0 bridgehead atoms. The number of rotatable bonds is 3. The van der Waals surface area contributed by atoms with Gasteiger partial charge in [-0.3, -0.25) is 10.1 Å². The summed E-state index contributed by atoms with van der Waals surface area (Å²) in [6, 6.07) is 16.8. The summed E-state index contributed by atoms with van der Waals surface area (Å²) in [4.78, 5) is 15.0. The number of nitrogen functional groups attached to an aromatic ring is 1. The molecule has 0 aliphatic heterocycles. The minimum atomic E-state index is -0.486. The number of nitrogens with zero attached hydrogens (tertiary/aromatic N) is 3. The summed E-state index contributed by atoms with van der Waals surface area (Å²) in [6.07, 6.45) is 0. The van der Waals surface area contributed by atoms with E-state index in [0.717, 1.165) is 0 Å². The first-order chi connectivity index (χ1) is 12.0. The van der Waals surface area contributed by atoms with E-state index >= 15 is 0 Å². The molecule has 7 heteroatoms. The molecule has 0 fully saturated rings. The third kappa shape index (κ3) is 3.01. The highest BCUT2D eigenvalue weighted by molar-refractivity contribution is 6.33. The van der Waals surface area contributed by atoms with Crippen LogP contribution in [0.2, 0.25) is 5.02 Å². The SMILES string of the molecule is N#Cc1c(-c2ccccc2Cl)cc(-c2ccccc2[N+](=O)[O-])nc1N. The second-order valence-electron chi connectivity index (χ2n) is 5.18. The molecule has 0 radical (unpaired) electrons. The smallest absolute Gasteiger partial charge is 0.278 e. The number of nitro benzene ring substituents is 1. The molecule has 1 aromatic heterocycles. The van der Waals surface area contributed by atoms with Crippen molar-refractivity contribution < 1.29 is 4.92 Å². The molecule has 0 amide bonds. The fourth-order valence-electron chi connectivity index (χ4n) is 2.56. The number of hydrogen-bond donors (Lipinski definition) is 1. The van der Waals surface area contributed by atoms with E-state index in [0.29, 0.717) is 27.4 Å². The molecule has 3 aromatic rings. The Labute approximate surface area is 148 Å². The standard InChI is InChI=1S/C18H11ClN4O2/c19-15-7-3-1-5-11(15)13-9-16(22-18(21)14(13)10-20)12-6-2-4-8-17(12)23(24)25/h1-9H,(H2,21,22). The van der Waals surface area contributed by atoms with Gasteiger partial charge in [0.05, 0.1) is 16.2 Å². The molecule has 6 nitrogen and oxygen atoms in total. The van der Waals surface area contributed by atoms with Crippen LogP contribution >= 0.6 is 11.6 Å². The quantitative estimate of drug-likeness (QED) is 0.555. The zero-order chi connectivity index (χ0) is 18.0. The zero-order valence-electron chi connectivity index (χ0n) is 12.8. The van der Waals surface area contributed by atoms with Gasteiger partial charge in [-0.2, -0.15) is 5.26 Å². The molecule has 0 saturated carbocycles. The van der Waals surface area contributed by atoms with Crippen LogP contribution in [0.25, 0.3) is 22.4 Å². The van der Waals surface area contributed by atoms with Gasteiger partial charge in [0, 0.05) is 22.2 Å². The van der Waals surface area contributed by atoms with Crippen molar-refractivity contribution in [2.75, 3.05) is 5.73 Å². The average molecular weight is 351 g/mol. The van der Waals surface area contributed by atoms with Crippen LogP contribution in [-0.4, -0.2) is 9.91 Å². The van der Waals surface area contributed by atoms with Crippen molar-refractivity contribution in [3.05, 3.63) is 75.3 Å². The lowest BCUT2D eigenvalue weighted by molar-refractivity contribution is -0.384. The number of anilines is 1. The van der Waals surface area contributed by atoms with Gasteiger partial charge in [0.2, 0.25) is 0 Å². The Morgan fingerprint density at radius 2 is 1.72 bits per heavy atom. The van der Waals surface area contributed by atoms with E-state index in [4.69, 9.17) is 17.3 Å². The van der Waals surface area contributed by atoms with Crippen molar-refractivity contribution in [1.29, 1.82) is 5.26 Å². The average Bonchev–Trinajstić information content (AvgIpc) is 2.61. The Kier molecular flexibility index (Phi) is 4.33. The van der Waals surface area contributed by atoms with E-state index in [1.165, 1.54) is 6.07 Å². The maximum Gasteiger partial charge on any atom is 0.278 e. The number of nitrogens with two attached hydrogens (primary N) is 1. The number of para-hydroxylation sites is 1. The van der Waals surface area contributed by atoms with Gasteiger partial charge in [-0.05, 0) is 18.2 Å². The molecule has 0 spiro atoms. The van der Waals surface area contributed by atoms with Crippen LogP contribution in [0, 0.1) is 21.4 Å². The third-order valence-corrected chi connectivity index (χ3v) is 4.03. The summed E-state index contributed by atoms with van der Waals surface area (Å²) < 4.78 is 0. The molecule has 0 saturated heterocycles. The summed E-state index contributed by atoms with van der Waals surface area (Å²) in [5, 5.41) is 21.2. The Morgan fingerprint density at radius 1 is 1.08 bits per heavy atom. The lowest BCUT2D eigenvalue weighted by atomic mass is 9.98. The van der Waals surface area contributed by atoms with Crippen molar-refractivity contribution >= 4 is 23.1 Å². The molecule has 2 aromatic carbocycles. The Hall–Kier alpha value is -3.43. The highest BCUT2D eigenvalue weighted by atomic mass is 35.5. The van der Waals surface area contributed by atoms with E-state index in [1.807, 2.05) is 6.07 Å². The monoisotopic (exact) mass is 350 g/mol. The van der Waals surface area contributed by atoms with E-state index in [2.05, 4.69) is 4.98 Å². The first-order valence-corrected chi connectivity index (χ1v) is 7.60. The van der Waals surface area contributed by atoms with Gasteiger partial charge in [0.15, 0.2) is 0 Å².